The molecule has 0 amide bonds. The van der Waals surface area contributed by atoms with Gasteiger partial charge in [0.05, 0.1) is 17.9 Å². The number of hydrogen-bond donors (Lipinski definition) is 1. The first-order chi connectivity index (χ1) is 14.3. The number of carbonyl (C=O) groups excluding carboxylic acids is 1. The molecule has 1 aliphatic heterocycles. The van der Waals surface area contributed by atoms with Crippen molar-refractivity contribution in [3.05, 3.63) is 119 Å². The fourth-order valence-electron chi connectivity index (χ4n) is 3.63. The van der Waals surface area contributed by atoms with Crippen LogP contribution in [-0.2, 0) is 9.53 Å². The van der Waals surface area contributed by atoms with Gasteiger partial charge in [-0.1, -0.05) is 91.0 Å². The van der Waals surface area contributed by atoms with E-state index >= 15 is 0 Å². The zero-order valence-electron chi connectivity index (χ0n) is 16.3. The molecule has 1 aliphatic rings. The molecule has 3 aromatic rings. The van der Waals surface area contributed by atoms with Crippen LogP contribution in [0.2, 0.25) is 0 Å². The van der Waals surface area contributed by atoms with Crippen LogP contribution in [0, 0.1) is 0 Å². The van der Waals surface area contributed by atoms with Gasteiger partial charge in [-0.05, 0) is 29.7 Å². The van der Waals surface area contributed by atoms with Crippen molar-refractivity contribution in [3.63, 3.8) is 0 Å². The molecule has 0 aromatic heterocycles. The third-order valence-corrected chi connectivity index (χ3v) is 4.97. The van der Waals surface area contributed by atoms with Crippen LogP contribution in [0.1, 0.15) is 29.5 Å². The number of esters is 1. The fraction of sp³-hybridized carbons (Fsp3) is 0.115. The molecule has 3 aromatic carbocycles. The Labute approximate surface area is 171 Å². The van der Waals surface area contributed by atoms with Gasteiger partial charge in [0, 0.05) is 11.6 Å². The van der Waals surface area contributed by atoms with E-state index in [0.717, 1.165) is 28.1 Å². The second kappa shape index (κ2) is 8.61. The Bertz CT molecular complexity index is 1040. The van der Waals surface area contributed by atoms with E-state index < -0.39 is 0 Å². The molecule has 3 nitrogen and oxygen atoms in total. The van der Waals surface area contributed by atoms with E-state index in [0.29, 0.717) is 12.2 Å². The van der Waals surface area contributed by atoms with Crippen LogP contribution in [-0.4, -0.2) is 12.6 Å². The summed E-state index contributed by atoms with van der Waals surface area (Å²) in [5.41, 5.74) is 5.48. The number of dihydropyridines is 1. The Hall–Kier alpha value is -3.59. The normalized spacial score (nSPS) is 16.0. The van der Waals surface area contributed by atoms with E-state index in [9.17, 15) is 4.79 Å². The van der Waals surface area contributed by atoms with Gasteiger partial charge in [-0.2, -0.15) is 0 Å². The SMILES string of the molecule is CCOC(=O)C1=C(c2ccccc2)NC(c2ccccc2)=C[C@H]1c1ccccc1. The standard InChI is InChI=1S/C26H23NO2/c1-2-29-26(28)24-22(19-12-6-3-7-13-19)18-23(20-14-8-4-9-15-20)27-25(24)21-16-10-5-11-17-21/h3-18,22,27H,2H2,1H3/t22-/m0/s1. The number of ether oxygens (including phenoxy) is 1. The van der Waals surface area contributed by atoms with Crippen molar-refractivity contribution in [2.45, 2.75) is 12.8 Å². The number of rotatable bonds is 5. The van der Waals surface area contributed by atoms with E-state index in [-0.39, 0.29) is 11.9 Å². The van der Waals surface area contributed by atoms with Crippen molar-refractivity contribution in [3.8, 4) is 0 Å². The van der Waals surface area contributed by atoms with Crippen LogP contribution in [0.5, 0.6) is 0 Å². The molecule has 29 heavy (non-hydrogen) atoms. The lowest BCUT2D eigenvalue weighted by Crippen LogP contribution is -2.26. The van der Waals surface area contributed by atoms with Crippen molar-refractivity contribution >= 4 is 17.4 Å². The van der Waals surface area contributed by atoms with Gasteiger partial charge in [0.25, 0.3) is 0 Å². The highest BCUT2D eigenvalue weighted by Crippen LogP contribution is 2.38. The summed E-state index contributed by atoms with van der Waals surface area (Å²) in [5, 5.41) is 3.52. The Morgan fingerprint density at radius 2 is 1.38 bits per heavy atom. The molecule has 0 radical (unpaired) electrons. The van der Waals surface area contributed by atoms with Gasteiger partial charge in [-0.3, -0.25) is 0 Å². The Morgan fingerprint density at radius 1 is 0.828 bits per heavy atom. The van der Waals surface area contributed by atoms with Crippen molar-refractivity contribution in [2.75, 3.05) is 6.61 Å². The van der Waals surface area contributed by atoms with Gasteiger partial charge in [0.1, 0.15) is 0 Å². The third-order valence-electron chi connectivity index (χ3n) is 4.97. The number of carbonyl (C=O) groups is 1. The van der Waals surface area contributed by atoms with Crippen molar-refractivity contribution in [2.24, 2.45) is 0 Å². The minimum atomic E-state index is -0.295. The molecule has 0 unspecified atom stereocenters. The summed E-state index contributed by atoms with van der Waals surface area (Å²) in [4.78, 5) is 13.1. The molecule has 4 rings (SSSR count). The number of allylic oxidation sites excluding steroid dienone is 1. The van der Waals surface area contributed by atoms with E-state index in [4.69, 9.17) is 4.74 Å². The van der Waals surface area contributed by atoms with Gasteiger partial charge in [0.15, 0.2) is 0 Å². The second-order valence-electron chi connectivity index (χ2n) is 6.83. The summed E-state index contributed by atoms with van der Waals surface area (Å²) < 4.78 is 5.46. The van der Waals surface area contributed by atoms with Crippen molar-refractivity contribution in [1.82, 2.24) is 5.32 Å². The molecular weight excluding hydrogens is 358 g/mol. The fourth-order valence-corrected chi connectivity index (χ4v) is 3.63. The average Bonchev–Trinajstić information content (AvgIpc) is 2.80. The first-order valence-corrected chi connectivity index (χ1v) is 9.84. The third kappa shape index (κ3) is 3.99. The second-order valence-corrected chi connectivity index (χ2v) is 6.83. The Morgan fingerprint density at radius 3 is 1.97 bits per heavy atom. The maximum absolute atomic E-state index is 13.1. The van der Waals surface area contributed by atoms with E-state index in [1.807, 2.05) is 73.7 Å². The monoisotopic (exact) mass is 381 g/mol. The summed E-state index contributed by atoms with van der Waals surface area (Å²) in [6, 6.07) is 30.2. The zero-order chi connectivity index (χ0) is 20.1. The summed E-state index contributed by atoms with van der Waals surface area (Å²) in [6.07, 6.45) is 2.11. The van der Waals surface area contributed by atoms with E-state index in [1.165, 1.54) is 0 Å². The predicted molar refractivity (Wildman–Crippen MR) is 117 cm³/mol. The lowest BCUT2D eigenvalue weighted by atomic mass is 9.84. The van der Waals surface area contributed by atoms with E-state index in [2.05, 4.69) is 35.7 Å². The van der Waals surface area contributed by atoms with Crippen LogP contribution >= 0.6 is 0 Å². The minimum absolute atomic E-state index is 0.207. The molecule has 0 fully saturated rings. The van der Waals surface area contributed by atoms with Crippen LogP contribution in [0.25, 0.3) is 11.4 Å². The largest absolute Gasteiger partial charge is 0.463 e. The van der Waals surface area contributed by atoms with Crippen LogP contribution < -0.4 is 5.32 Å². The molecular formula is C26H23NO2. The Kier molecular flexibility index (Phi) is 5.57. The molecule has 144 valence electrons. The summed E-state index contributed by atoms with van der Waals surface area (Å²) in [5.74, 6) is -0.502. The van der Waals surface area contributed by atoms with Crippen LogP contribution in [0.3, 0.4) is 0 Å². The molecule has 0 spiro atoms. The average molecular weight is 381 g/mol. The first kappa shape index (κ1) is 18.8. The first-order valence-electron chi connectivity index (χ1n) is 9.84. The van der Waals surface area contributed by atoms with Crippen LogP contribution in [0.4, 0.5) is 0 Å². The highest BCUT2D eigenvalue weighted by molar-refractivity contribution is 6.02. The summed E-state index contributed by atoms with van der Waals surface area (Å²) >= 11 is 0. The van der Waals surface area contributed by atoms with Crippen molar-refractivity contribution < 1.29 is 9.53 Å². The lowest BCUT2D eigenvalue weighted by Gasteiger charge is -2.29. The maximum atomic E-state index is 13.1. The van der Waals surface area contributed by atoms with Gasteiger partial charge in [0.2, 0.25) is 0 Å². The van der Waals surface area contributed by atoms with Crippen molar-refractivity contribution in [1.29, 1.82) is 0 Å². The molecule has 1 atom stereocenters. The molecule has 1 N–H and O–H groups in total. The maximum Gasteiger partial charge on any atom is 0.337 e. The molecule has 0 saturated carbocycles. The number of nitrogens with one attached hydrogen (secondary N) is 1. The minimum Gasteiger partial charge on any atom is -0.463 e. The van der Waals surface area contributed by atoms with Gasteiger partial charge in [-0.15, -0.1) is 0 Å². The van der Waals surface area contributed by atoms with Gasteiger partial charge in [-0.25, -0.2) is 4.79 Å². The van der Waals surface area contributed by atoms with Crippen LogP contribution in [0.15, 0.2) is 103 Å². The molecule has 3 heteroatoms. The molecule has 0 aliphatic carbocycles. The van der Waals surface area contributed by atoms with Gasteiger partial charge < -0.3 is 10.1 Å². The summed E-state index contributed by atoms with van der Waals surface area (Å²) in [7, 11) is 0. The lowest BCUT2D eigenvalue weighted by molar-refractivity contribution is -0.138. The zero-order valence-corrected chi connectivity index (χ0v) is 16.3. The van der Waals surface area contributed by atoms with E-state index in [1.54, 1.807) is 0 Å². The number of benzene rings is 3. The predicted octanol–water partition coefficient (Wildman–Crippen LogP) is 5.39. The topological polar surface area (TPSA) is 38.3 Å². The van der Waals surface area contributed by atoms with Gasteiger partial charge >= 0.3 is 5.97 Å². The smallest absolute Gasteiger partial charge is 0.337 e. The molecule has 0 saturated heterocycles. The Balaban J connectivity index is 1.92. The molecule has 1 heterocycles. The highest BCUT2D eigenvalue weighted by atomic mass is 16.5. The summed E-state index contributed by atoms with van der Waals surface area (Å²) in [6.45, 7) is 2.17. The highest BCUT2D eigenvalue weighted by Gasteiger charge is 2.31. The molecule has 0 bridgehead atoms. The number of hydrogen-bond acceptors (Lipinski definition) is 3. The quantitative estimate of drug-likeness (QED) is 0.602.